The van der Waals surface area contributed by atoms with Crippen LogP contribution < -0.4 is 9.64 Å². The SMILES string of the molecule is COc1c(-c2ccc(N3C[C@@H](C)O[C@@H](C)C3)cc2)cnc2c(-c3ccc(F)c(Cl)c3)cccc12. The molecule has 2 heterocycles. The number of methoxy groups -OCH3 is 1. The zero-order chi connectivity index (χ0) is 23.8. The van der Waals surface area contributed by atoms with E-state index in [0.29, 0.717) is 0 Å². The second-order valence-electron chi connectivity index (χ2n) is 8.74. The molecular formula is C28H26ClFN2O2. The van der Waals surface area contributed by atoms with Gasteiger partial charge in [-0.15, -0.1) is 0 Å². The molecule has 1 aromatic heterocycles. The minimum absolute atomic E-state index is 0.0854. The quantitative estimate of drug-likeness (QED) is 0.318. The molecular weight excluding hydrogens is 451 g/mol. The van der Waals surface area contributed by atoms with Crippen LogP contribution in [0.5, 0.6) is 5.75 Å². The van der Waals surface area contributed by atoms with Gasteiger partial charge in [0.1, 0.15) is 11.6 Å². The van der Waals surface area contributed by atoms with Gasteiger partial charge in [0, 0.05) is 41.5 Å². The lowest BCUT2D eigenvalue weighted by Gasteiger charge is -2.36. The van der Waals surface area contributed by atoms with Gasteiger partial charge in [0.25, 0.3) is 0 Å². The molecule has 6 heteroatoms. The zero-order valence-corrected chi connectivity index (χ0v) is 20.1. The van der Waals surface area contributed by atoms with E-state index in [2.05, 4.69) is 43.0 Å². The standard InChI is InChI=1S/C28H26ClFN2O2/c1-17-15-32(16-18(2)34-17)21-10-7-19(8-11-21)24-14-31-27-22(5-4-6-23(27)28(24)33-3)20-9-12-26(30)25(29)13-20/h4-14,17-18H,15-16H2,1-3H3/t17-,18+. The van der Waals surface area contributed by atoms with E-state index in [1.807, 2.05) is 24.4 Å². The first kappa shape index (κ1) is 22.6. The summed E-state index contributed by atoms with van der Waals surface area (Å²) in [4.78, 5) is 7.14. The van der Waals surface area contributed by atoms with E-state index < -0.39 is 5.82 Å². The van der Waals surface area contributed by atoms with E-state index in [9.17, 15) is 4.39 Å². The van der Waals surface area contributed by atoms with Crippen molar-refractivity contribution in [1.82, 2.24) is 4.98 Å². The highest BCUT2D eigenvalue weighted by molar-refractivity contribution is 6.31. The van der Waals surface area contributed by atoms with Gasteiger partial charge in [0.05, 0.1) is 29.9 Å². The average Bonchev–Trinajstić information content (AvgIpc) is 2.84. The van der Waals surface area contributed by atoms with Crippen molar-refractivity contribution in [2.75, 3.05) is 25.1 Å². The van der Waals surface area contributed by atoms with Crippen molar-refractivity contribution < 1.29 is 13.9 Å². The molecule has 1 aliphatic heterocycles. The number of pyridine rings is 1. The first-order valence-corrected chi connectivity index (χ1v) is 11.7. The molecule has 2 atom stereocenters. The highest BCUT2D eigenvalue weighted by Crippen LogP contribution is 2.39. The van der Waals surface area contributed by atoms with Crippen molar-refractivity contribution in [2.24, 2.45) is 0 Å². The van der Waals surface area contributed by atoms with Gasteiger partial charge in [-0.1, -0.05) is 41.9 Å². The first-order valence-electron chi connectivity index (χ1n) is 11.4. The number of aromatic nitrogens is 1. The number of nitrogens with zero attached hydrogens (tertiary/aromatic N) is 2. The fourth-order valence-corrected chi connectivity index (χ4v) is 4.94. The smallest absolute Gasteiger partial charge is 0.141 e. The first-order chi connectivity index (χ1) is 16.4. The van der Waals surface area contributed by atoms with Crippen LogP contribution in [0.2, 0.25) is 5.02 Å². The Hall–Kier alpha value is -3.15. The molecule has 0 radical (unpaired) electrons. The molecule has 4 nitrogen and oxygen atoms in total. The van der Waals surface area contributed by atoms with Gasteiger partial charge >= 0.3 is 0 Å². The number of morpholine rings is 1. The number of hydrogen-bond donors (Lipinski definition) is 0. The molecule has 0 spiro atoms. The zero-order valence-electron chi connectivity index (χ0n) is 19.4. The molecule has 0 aliphatic carbocycles. The van der Waals surface area contributed by atoms with Gasteiger partial charge in [-0.05, 0) is 55.3 Å². The maximum absolute atomic E-state index is 13.7. The molecule has 1 saturated heterocycles. The topological polar surface area (TPSA) is 34.6 Å². The Labute approximate surface area is 203 Å². The number of halogens is 2. The van der Waals surface area contributed by atoms with Crippen LogP contribution in [0.15, 0.2) is 66.9 Å². The molecule has 4 aromatic rings. The fourth-order valence-electron chi connectivity index (χ4n) is 4.76. The predicted octanol–water partition coefficient (Wildman–Crippen LogP) is 6.98. The monoisotopic (exact) mass is 476 g/mol. The molecule has 34 heavy (non-hydrogen) atoms. The van der Waals surface area contributed by atoms with Crippen LogP contribution in [0.4, 0.5) is 10.1 Å². The van der Waals surface area contributed by atoms with Crippen LogP contribution in [-0.2, 0) is 4.74 Å². The van der Waals surface area contributed by atoms with E-state index in [0.717, 1.165) is 52.0 Å². The Kier molecular flexibility index (Phi) is 6.15. The lowest BCUT2D eigenvalue weighted by atomic mass is 9.98. The molecule has 0 bridgehead atoms. The summed E-state index contributed by atoms with van der Waals surface area (Å²) in [6, 6.07) is 19.1. The van der Waals surface area contributed by atoms with Crippen molar-refractivity contribution in [3.63, 3.8) is 0 Å². The third kappa shape index (κ3) is 4.22. The van der Waals surface area contributed by atoms with Crippen LogP contribution in [0.1, 0.15) is 13.8 Å². The van der Waals surface area contributed by atoms with Gasteiger partial charge in [0.15, 0.2) is 0 Å². The number of ether oxygens (including phenoxy) is 2. The maximum atomic E-state index is 13.7. The summed E-state index contributed by atoms with van der Waals surface area (Å²) in [7, 11) is 1.67. The summed E-state index contributed by atoms with van der Waals surface area (Å²) in [6.07, 6.45) is 2.25. The Morgan fingerprint density at radius 1 is 0.971 bits per heavy atom. The summed E-state index contributed by atoms with van der Waals surface area (Å²) in [5.41, 5.74) is 5.57. The van der Waals surface area contributed by atoms with Gasteiger partial charge < -0.3 is 14.4 Å². The lowest BCUT2D eigenvalue weighted by molar-refractivity contribution is -0.00521. The molecule has 0 N–H and O–H groups in total. The summed E-state index contributed by atoms with van der Waals surface area (Å²) < 4.78 is 25.4. The summed E-state index contributed by atoms with van der Waals surface area (Å²) >= 11 is 6.03. The Bertz CT molecular complexity index is 1330. The van der Waals surface area contributed by atoms with E-state index in [4.69, 9.17) is 26.1 Å². The molecule has 3 aromatic carbocycles. The Morgan fingerprint density at radius 2 is 1.68 bits per heavy atom. The van der Waals surface area contributed by atoms with Crippen LogP contribution in [-0.4, -0.2) is 37.4 Å². The highest BCUT2D eigenvalue weighted by atomic mass is 35.5. The summed E-state index contributed by atoms with van der Waals surface area (Å²) in [5.74, 6) is 0.310. The molecule has 5 rings (SSSR count). The number of hydrogen-bond acceptors (Lipinski definition) is 4. The van der Waals surface area contributed by atoms with E-state index in [1.54, 1.807) is 19.2 Å². The van der Waals surface area contributed by atoms with Crippen LogP contribution in [0.3, 0.4) is 0 Å². The molecule has 0 saturated carbocycles. The second-order valence-corrected chi connectivity index (χ2v) is 9.15. The van der Waals surface area contributed by atoms with Gasteiger partial charge in [0.2, 0.25) is 0 Å². The van der Waals surface area contributed by atoms with Crippen LogP contribution in [0, 0.1) is 5.82 Å². The van der Waals surface area contributed by atoms with Crippen molar-refractivity contribution in [1.29, 1.82) is 0 Å². The Balaban J connectivity index is 1.54. The number of rotatable bonds is 4. The van der Waals surface area contributed by atoms with Gasteiger partial charge in [-0.2, -0.15) is 0 Å². The summed E-state index contributed by atoms with van der Waals surface area (Å²) in [5, 5.41) is 0.972. The van der Waals surface area contributed by atoms with Crippen molar-refractivity contribution in [3.8, 4) is 28.0 Å². The lowest BCUT2D eigenvalue weighted by Crippen LogP contribution is -2.45. The van der Waals surface area contributed by atoms with Crippen molar-refractivity contribution in [3.05, 3.63) is 77.7 Å². The van der Waals surface area contributed by atoms with E-state index >= 15 is 0 Å². The van der Waals surface area contributed by atoms with Gasteiger partial charge in [-0.3, -0.25) is 4.98 Å². The van der Waals surface area contributed by atoms with Crippen LogP contribution in [0.25, 0.3) is 33.2 Å². The van der Waals surface area contributed by atoms with Crippen LogP contribution >= 0.6 is 11.6 Å². The molecule has 174 valence electrons. The fraction of sp³-hybridized carbons (Fsp3) is 0.250. The third-order valence-corrected chi connectivity index (χ3v) is 6.54. The normalized spacial score (nSPS) is 18.3. The molecule has 1 aliphatic rings. The predicted molar refractivity (Wildman–Crippen MR) is 136 cm³/mol. The Morgan fingerprint density at radius 3 is 2.35 bits per heavy atom. The maximum Gasteiger partial charge on any atom is 0.141 e. The summed E-state index contributed by atoms with van der Waals surface area (Å²) in [6.45, 7) is 5.97. The van der Waals surface area contributed by atoms with Crippen molar-refractivity contribution in [2.45, 2.75) is 26.1 Å². The minimum atomic E-state index is -0.442. The minimum Gasteiger partial charge on any atom is -0.495 e. The largest absolute Gasteiger partial charge is 0.495 e. The number of para-hydroxylation sites is 1. The number of benzene rings is 3. The highest BCUT2D eigenvalue weighted by Gasteiger charge is 2.22. The molecule has 0 unspecified atom stereocenters. The second kappa shape index (κ2) is 9.24. The molecule has 1 fully saturated rings. The van der Waals surface area contributed by atoms with Crippen molar-refractivity contribution >= 4 is 28.2 Å². The van der Waals surface area contributed by atoms with Gasteiger partial charge in [-0.25, -0.2) is 4.39 Å². The average molecular weight is 477 g/mol. The van der Waals surface area contributed by atoms with E-state index in [-0.39, 0.29) is 17.2 Å². The molecule has 0 amide bonds. The van der Waals surface area contributed by atoms with E-state index in [1.165, 1.54) is 11.8 Å². The number of fused-ring (bicyclic) bond motifs is 1. The third-order valence-electron chi connectivity index (χ3n) is 6.25. The number of anilines is 1.